The molecule has 6 heteroatoms. The molecule has 3 N–H and O–H groups in total. The summed E-state index contributed by atoms with van der Waals surface area (Å²) in [5, 5.41) is 1.92. The molecule has 0 saturated carbocycles. The Balaban J connectivity index is 2.04. The molecule has 0 aromatic heterocycles. The van der Waals surface area contributed by atoms with Crippen LogP contribution in [0.15, 0.2) is 24.3 Å². The lowest BCUT2D eigenvalue weighted by Crippen LogP contribution is -2.43. The molecule has 1 saturated heterocycles. The van der Waals surface area contributed by atoms with Crippen molar-refractivity contribution in [1.82, 2.24) is 5.32 Å². The Morgan fingerprint density at radius 1 is 1.33 bits per heavy atom. The summed E-state index contributed by atoms with van der Waals surface area (Å²) in [6.45, 7) is 2.33. The molecule has 5 nitrogen and oxygen atoms in total. The van der Waals surface area contributed by atoms with Crippen LogP contribution in [0.25, 0.3) is 0 Å². The van der Waals surface area contributed by atoms with E-state index in [2.05, 4.69) is 5.32 Å². The molecule has 1 aliphatic heterocycles. The molecule has 2 atom stereocenters. The van der Waals surface area contributed by atoms with E-state index in [0.29, 0.717) is 19.4 Å². The second-order valence-corrected chi connectivity index (χ2v) is 7.83. The predicted octanol–water partition coefficient (Wildman–Crippen LogP) is 1.29. The Morgan fingerprint density at radius 2 is 2.00 bits per heavy atom. The summed E-state index contributed by atoms with van der Waals surface area (Å²) >= 11 is 0. The van der Waals surface area contributed by atoms with Crippen molar-refractivity contribution < 1.29 is 13.2 Å². The third-order valence-electron chi connectivity index (χ3n) is 3.95. The molecule has 21 heavy (non-hydrogen) atoms. The number of rotatable bonds is 4. The van der Waals surface area contributed by atoms with Crippen LogP contribution in [0.2, 0.25) is 0 Å². The second kappa shape index (κ2) is 6.58. The number of carbonyl (C=O) groups excluding carboxylic acids is 1. The van der Waals surface area contributed by atoms with Gasteiger partial charge in [0.2, 0.25) is 5.91 Å². The first-order valence-corrected chi connectivity index (χ1v) is 8.96. The normalized spacial score (nSPS) is 22.5. The molecule has 2 unspecified atom stereocenters. The highest BCUT2D eigenvalue weighted by molar-refractivity contribution is 7.92. The number of carbonyl (C=O) groups is 1. The molecule has 0 radical (unpaired) electrons. The van der Waals surface area contributed by atoms with Crippen molar-refractivity contribution in [3.63, 3.8) is 0 Å². The summed E-state index contributed by atoms with van der Waals surface area (Å²) in [4.78, 5) is 12.2. The van der Waals surface area contributed by atoms with E-state index in [-0.39, 0.29) is 17.7 Å². The molecule has 1 heterocycles. The van der Waals surface area contributed by atoms with Gasteiger partial charge in [0.15, 0.2) is 9.84 Å². The molecule has 1 fully saturated rings. The largest absolute Gasteiger partial charge is 0.348 e. The Labute approximate surface area is 125 Å². The average Bonchev–Trinajstić information content (AvgIpc) is 2.46. The fourth-order valence-electron chi connectivity index (χ4n) is 2.58. The number of hydrogen-bond acceptors (Lipinski definition) is 4. The zero-order valence-electron chi connectivity index (χ0n) is 12.2. The van der Waals surface area contributed by atoms with Gasteiger partial charge in [-0.05, 0) is 30.9 Å². The van der Waals surface area contributed by atoms with Crippen LogP contribution < -0.4 is 11.1 Å². The van der Waals surface area contributed by atoms with Gasteiger partial charge in [0.1, 0.15) is 5.25 Å². The monoisotopic (exact) mass is 310 g/mol. The van der Waals surface area contributed by atoms with E-state index in [1.165, 1.54) is 0 Å². The van der Waals surface area contributed by atoms with Crippen LogP contribution in [0, 0.1) is 0 Å². The van der Waals surface area contributed by atoms with Gasteiger partial charge < -0.3 is 11.1 Å². The Bertz CT molecular complexity index is 596. The molecular weight excluding hydrogens is 288 g/mol. The highest BCUT2D eigenvalue weighted by Crippen LogP contribution is 2.21. The lowest BCUT2D eigenvalue weighted by molar-refractivity contribution is -0.121. The van der Waals surface area contributed by atoms with Gasteiger partial charge in [0.05, 0.1) is 11.8 Å². The third kappa shape index (κ3) is 3.83. The molecule has 116 valence electrons. The maximum absolute atomic E-state index is 12.2. The van der Waals surface area contributed by atoms with Crippen molar-refractivity contribution in [3.8, 4) is 0 Å². The van der Waals surface area contributed by atoms with Gasteiger partial charge in [0, 0.05) is 6.54 Å². The van der Waals surface area contributed by atoms with Crippen LogP contribution in [0.1, 0.15) is 43.4 Å². The Hall–Kier alpha value is -1.40. The summed E-state index contributed by atoms with van der Waals surface area (Å²) in [7, 11) is -3.29. The number of sulfone groups is 1. The van der Waals surface area contributed by atoms with Gasteiger partial charge in [-0.2, -0.15) is 0 Å². The maximum Gasteiger partial charge on any atom is 0.238 e. The van der Waals surface area contributed by atoms with E-state index in [0.717, 1.165) is 17.5 Å². The van der Waals surface area contributed by atoms with Crippen molar-refractivity contribution in [2.45, 2.75) is 44.0 Å². The Morgan fingerprint density at radius 3 is 2.57 bits per heavy atom. The van der Waals surface area contributed by atoms with Gasteiger partial charge in [-0.15, -0.1) is 0 Å². The van der Waals surface area contributed by atoms with Crippen molar-refractivity contribution in [2.75, 3.05) is 5.75 Å². The highest BCUT2D eigenvalue weighted by atomic mass is 32.2. The minimum atomic E-state index is -3.29. The fourth-order valence-corrected chi connectivity index (χ4v) is 4.39. The zero-order valence-corrected chi connectivity index (χ0v) is 13.0. The maximum atomic E-state index is 12.2. The lowest BCUT2D eigenvalue weighted by atomic mass is 10.1. The first kappa shape index (κ1) is 16.0. The van der Waals surface area contributed by atoms with Crippen molar-refractivity contribution in [3.05, 3.63) is 35.4 Å². The molecule has 2 rings (SSSR count). The zero-order chi connectivity index (χ0) is 15.5. The molecule has 1 aliphatic rings. The van der Waals surface area contributed by atoms with Gasteiger partial charge in [-0.1, -0.05) is 30.7 Å². The average molecular weight is 310 g/mol. The van der Waals surface area contributed by atoms with Gasteiger partial charge in [-0.25, -0.2) is 8.42 Å². The summed E-state index contributed by atoms with van der Waals surface area (Å²) in [6, 6.07) is 7.41. The van der Waals surface area contributed by atoms with E-state index >= 15 is 0 Å². The number of hydrogen-bond donors (Lipinski definition) is 2. The van der Waals surface area contributed by atoms with Gasteiger partial charge in [0.25, 0.3) is 0 Å². The SMILES string of the molecule is CC(NC(=O)C1CCCCS1(=O)=O)c1ccc(CN)cc1. The molecule has 0 bridgehead atoms. The van der Waals surface area contributed by atoms with Crippen molar-refractivity contribution >= 4 is 15.7 Å². The molecule has 1 amide bonds. The number of nitrogens with one attached hydrogen (secondary N) is 1. The van der Waals surface area contributed by atoms with Crippen LogP contribution in [0.3, 0.4) is 0 Å². The number of nitrogens with two attached hydrogens (primary N) is 1. The van der Waals surface area contributed by atoms with Gasteiger partial charge in [-0.3, -0.25) is 4.79 Å². The molecular formula is C15H22N2O3S. The second-order valence-electron chi connectivity index (χ2n) is 5.53. The summed E-state index contributed by atoms with van der Waals surface area (Å²) < 4.78 is 23.9. The minimum Gasteiger partial charge on any atom is -0.348 e. The fraction of sp³-hybridized carbons (Fsp3) is 0.533. The van der Waals surface area contributed by atoms with Crippen LogP contribution in [0.5, 0.6) is 0 Å². The molecule has 1 aromatic rings. The smallest absolute Gasteiger partial charge is 0.238 e. The van der Waals surface area contributed by atoms with E-state index in [1.807, 2.05) is 31.2 Å². The topological polar surface area (TPSA) is 89.3 Å². The van der Waals surface area contributed by atoms with E-state index in [1.54, 1.807) is 0 Å². The summed E-state index contributed by atoms with van der Waals surface area (Å²) in [5.74, 6) is -0.268. The first-order chi connectivity index (χ1) is 9.94. The number of benzene rings is 1. The van der Waals surface area contributed by atoms with E-state index in [9.17, 15) is 13.2 Å². The van der Waals surface area contributed by atoms with Crippen LogP contribution in [-0.2, 0) is 21.2 Å². The van der Waals surface area contributed by atoms with Gasteiger partial charge >= 0.3 is 0 Å². The van der Waals surface area contributed by atoms with Crippen LogP contribution in [-0.4, -0.2) is 25.3 Å². The predicted molar refractivity (Wildman–Crippen MR) is 82.3 cm³/mol. The van der Waals surface area contributed by atoms with Crippen molar-refractivity contribution in [2.24, 2.45) is 5.73 Å². The molecule has 1 aromatic carbocycles. The van der Waals surface area contributed by atoms with Crippen molar-refractivity contribution in [1.29, 1.82) is 0 Å². The molecule has 0 aliphatic carbocycles. The van der Waals surface area contributed by atoms with E-state index in [4.69, 9.17) is 5.73 Å². The summed E-state index contributed by atoms with van der Waals surface area (Å²) in [6.07, 6.45) is 1.87. The Kier molecular flexibility index (Phi) is 5.00. The van der Waals surface area contributed by atoms with E-state index < -0.39 is 15.1 Å². The summed E-state index contributed by atoms with van der Waals surface area (Å²) in [5.41, 5.74) is 7.51. The van der Waals surface area contributed by atoms with Crippen LogP contribution >= 0.6 is 0 Å². The lowest BCUT2D eigenvalue weighted by Gasteiger charge is -2.23. The van der Waals surface area contributed by atoms with Crippen LogP contribution in [0.4, 0.5) is 0 Å². The molecule has 0 spiro atoms. The number of amides is 1. The third-order valence-corrected chi connectivity index (χ3v) is 6.12. The minimum absolute atomic E-state index is 0.116. The quantitative estimate of drug-likeness (QED) is 0.877. The first-order valence-electron chi connectivity index (χ1n) is 7.25. The highest BCUT2D eigenvalue weighted by Gasteiger charge is 2.35. The standard InChI is InChI=1S/C15H22N2O3S/c1-11(13-7-5-12(10-16)6-8-13)17-15(18)14-4-2-3-9-21(14,19)20/h5-8,11,14H,2-4,9-10,16H2,1H3,(H,17,18).